The Bertz CT molecular complexity index is 1130. The van der Waals surface area contributed by atoms with Crippen molar-refractivity contribution in [3.63, 3.8) is 0 Å². The van der Waals surface area contributed by atoms with Crippen molar-refractivity contribution in [2.24, 2.45) is 0 Å². The molecule has 0 aliphatic rings. The minimum atomic E-state index is -3.48. The molecular formula is C24H25ClN2O4S. The summed E-state index contributed by atoms with van der Waals surface area (Å²) >= 11 is 5.89. The van der Waals surface area contributed by atoms with Crippen LogP contribution in [0.4, 0.5) is 5.69 Å². The van der Waals surface area contributed by atoms with Gasteiger partial charge in [0, 0.05) is 5.02 Å². The van der Waals surface area contributed by atoms with Gasteiger partial charge in [-0.25, -0.2) is 8.42 Å². The summed E-state index contributed by atoms with van der Waals surface area (Å²) in [6, 6.07) is 23.1. The van der Waals surface area contributed by atoms with Gasteiger partial charge in [-0.1, -0.05) is 54.1 Å². The van der Waals surface area contributed by atoms with E-state index >= 15 is 0 Å². The third-order valence-corrected chi connectivity index (χ3v) is 6.20. The van der Waals surface area contributed by atoms with E-state index < -0.39 is 10.0 Å². The van der Waals surface area contributed by atoms with E-state index in [1.165, 1.54) is 10.6 Å². The maximum atomic E-state index is 12.3. The predicted molar refractivity (Wildman–Crippen MR) is 127 cm³/mol. The molecule has 3 aromatic carbocycles. The second kappa shape index (κ2) is 10.5. The van der Waals surface area contributed by atoms with Crippen LogP contribution in [0.25, 0.3) is 0 Å². The normalized spacial score (nSPS) is 12.1. The largest absolute Gasteiger partial charge is 0.484 e. The number of carbonyl (C=O) groups excluding carboxylic acids is 1. The number of anilines is 1. The SMILES string of the molecule is C[C@H](NC(=O)COc1ccc(N(Cc2ccccc2)S(C)(=O)=O)cc1)c1ccc(Cl)cc1. The molecular weight excluding hydrogens is 448 g/mol. The van der Waals surface area contributed by atoms with Crippen molar-refractivity contribution in [2.75, 3.05) is 17.2 Å². The molecule has 168 valence electrons. The van der Waals surface area contributed by atoms with Crippen LogP contribution in [0.2, 0.25) is 5.02 Å². The zero-order valence-electron chi connectivity index (χ0n) is 17.9. The Labute approximate surface area is 193 Å². The molecule has 8 heteroatoms. The fourth-order valence-electron chi connectivity index (χ4n) is 3.12. The predicted octanol–water partition coefficient (Wildman–Crippen LogP) is 4.56. The quantitative estimate of drug-likeness (QED) is 0.495. The molecule has 0 heterocycles. The molecule has 0 saturated heterocycles. The molecule has 1 N–H and O–H groups in total. The summed E-state index contributed by atoms with van der Waals surface area (Å²) < 4.78 is 31.5. The van der Waals surface area contributed by atoms with Gasteiger partial charge in [0.05, 0.1) is 24.5 Å². The van der Waals surface area contributed by atoms with E-state index in [2.05, 4.69) is 5.32 Å². The maximum absolute atomic E-state index is 12.3. The van der Waals surface area contributed by atoms with Crippen molar-refractivity contribution >= 4 is 33.2 Å². The highest BCUT2D eigenvalue weighted by Gasteiger charge is 2.18. The van der Waals surface area contributed by atoms with Crippen LogP contribution in [0.3, 0.4) is 0 Å². The number of ether oxygens (including phenoxy) is 1. The summed E-state index contributed by atoms with van der Waals surface area (Å²) in [7, 11) is -3.48. The Morgan fingerprint density at radius 2 is 1.62 bits per heavy atom. The summed E-state index contributed by atoms with van der Waals surface area (Å²) in [5.74, 6) is 0.203. The summed E-state index contributed by atoms with van der Waals surface area (Å²) in [6.45, 7) is 1.95. The summed E-state index contributed by atoms with van der Waals surface area (Å²) in [6.07, 6.45) is 1.17. The molecule has 0 fully saturated rings. The highest BCUT2D eigenvalue weighted by molar-refractivity contribution is 7.92. The molecule has 1 amide bonds. The topological polar surface area (TPSA) is 75.7 Å². The first kappa shape index (κ1) is 23.6. The number of hydrogen-bond donors (Lipinski definition) is 1. The molecule has 0 unspecified atom stereocenters. The molecule has 0 aliphatic heterocycles. The van der Waals surface area contributed by atoms with Gasteiger partial charge in [-0.2, -0.15) is 0 Å². The van der Waals surface area contributed by atoms with Crippen LogP contribution in [0.1, 0.15) is 24.1 Å². The van der Waals surface area contributed by atoms with E-state index in [0.717, 1.165) is 11.1 Å². The average Bonchev–Trinajstić information content (AvgIpc) is 2.77. The van der Waals surface area contributed by atoms with Crippen LogP contribution in [-0.4, -0.2) is 27.2 Å². The van der Waals surface area contributed by atoms with Gasteiger partial charge in [-0.3, -0.25) is 9.10 Å². The van der Waals surface area contributed by atoms with Crippen LogP contribution in [0.5, 0.6) is 5.75 Å². The van der Waals surface area contributed by atoms with Gasteiger partial charge in [0.2, 0.25) is 10.0 Å². The van der Waals surface area contributed by atoms with E-state index in [0.29, 0.717) is 16.5 Å². The second-order valence-corrected chi connectivity index (χ2v) is 9.72. The van der Waals surface area contributed by atoms with Crippen LogP contribution in [0, 0.1) is 0 Å². The third-order valence-electron chi connectivity index (χ3n) is 4.81. The van der Waals surface area contributed by atoms with Crippen molar-refractivity contribution in [1.29, 1.82) is 0 Å². The molecule has 0 aliphatic carbocycles. The zero-order valence-corrected chi connectivity index (χ0v) is 19.4. The Hall–Kier alpha value is -3.03. The first-order valence-corrected chi connectivity index (χ1v) is 12.2. The number of hydrogen-bond acceptors (Lipinski definition) is 4. The molecule has 3 rings (SSSR count). The first-order chi connectivity index (χ1) is 15.2. The minimum absolute atomic E-state index is 0.156. The van der Waals surface area contributed by atoms with Crippen molar-refractivity contribution in [1.82, 2.24) is 5.32 Å². The van der Waals surface area contributed by atoms with Gasteiger partial charge in [-0.15, -0.1) is 0 Å². The average molecular weight is 473 g/mol. The summed E-state index contributed by atoms with van der Waals surface area (Å²) in [5, 5.41) is 3.50. The first-order valence-electron chi connectivity index (χ1n) is 10.0. The third kappa shape index (κ3) is 6.73. The highest BCUT2D eigenvalue weighted by atomic mass is 35.5. The number of halogens is 1. The number of sulfonamides is 1. The Kier molecular flexibility index (Phi) is 7.77. The van der Waals surface area contributed by atoms with Crippen molar-refractivity contribution in [3.8, 4) is 5.75 Å². The molecule has 32 heavy (non-hydrogen) atoms. The fraction of sp³-hybridized carbons (Fsp3) is 0.208. The molecule has 0 bridgehead atoms. The lowest BCUT2D eigenvalue weighted by Crippen LogP contribution is -2.31. The number of nitrogens with zero attached hydrogens (tertiary/aromatic N) is 1. The van der Waals surface area contributed by atoms with Gasteiger partial charge in [0.1, 0.15) is 5.75 Å². The summed E-state index contributed by atoms with van der Waals surface area (Å²) in [4.78, 5) is 12.2. The van der Waals surface area contributed by atoms with E-state index in [-0.39, 0.29) is 25.1 Å². The van der Waals surface area contributed by atoms with E-state index in [4.69, 9.17) is 16.3 Å². The smallest absolute Gasteiger partial charge is 0.258 e. The van der Waals surface area contributed by atoms with Crippen LogP contribution in [-0.2, 0) is 21.4 Å². The lowest BCUT2D eigenvalue weighted by Gasteiger charge is -2.23. The van der Waals surface area contributed by atoms with Crippen molar-refractivity contribution in [3.05, 3.63) is 95.0 Å². The summed E-state index contributed by atoms with van der Waals surface area (Å²) in [5.41, 5.74) is 2.33. The van der Waals surface area contributed by atoms with E-state index in [1.54, 1.807) is 36.4 Å². The van der Waals surface area contributed by atoms with Crippen molar-refractivity contribution in [2.45, 2.75) is 19.5 Å². The van der Waals surface area contributed by atoms with Crippen LogP contribution in [0.15, 0.2) is 78.9 Å². The number of benzene rings is 3. The number of rotatable bonds is 9. The standard InChI is InChI=1S/C24H25ClN2O4S/c1-18(20-8-10-21(25)11-9-20)26-24(28)17-31-23-14-12-22(13-15-23)27(32(2,29)30)16-19-6-4-3-5-7-19/h3-15,18H,16-17H2,1-2H3,(H,26,28)/t18-/m0/s1. The van der Waals surface area contributed by atoms with Gasteiger partial charge >= 0.3 is 0 Å². The van der Waals surface area contributed by atoms with Crippen molar-refractivity contribution < 1.29 is 17.9 Å². The van der Waals surface area contributed by atoms with Crippen LogP contribution < -0.4 is 14.4 Å². The second-order valence-electron chi connectivity index (χ2n) is 7.38. The zero-order chi connectivity index (χ0) is 23.1. The molecule has 0 saturated carbocycles. The van der Waals surface area contributed by atoms with E-state index in [9.17, 15) is 13.2 Å². The molecule has 1 atom stereocenters. The molecule has 6 nitrogen and oxygen atoms in total. The Balaban J connectivity index is 1.59. The monoisotopic (exact) mass is 472 g/mol. The fourth-order valence-corrected chi connectivity index (χ4v) is 4.14. The van der Waals surface area contributed by atoms with Gasteiger partial charge in [-0.05, 0) is 54.4 Å². The highest BCUT2D eigenvalue weighted by Crippen LogP contribution is 2.24. The minimum Gasteiger partial charge on any atom is -0.484 e. The Morgan fingerprint density at radius 1 is 1.00 bits per heavy atom. The van der Waals surface area contributed by atoms with Gasteiger partial charge in [0.25, 0.3) is 5.91 Å². The van der Waals surface area contributed by atoms with Gasteiger partial charge < -0.3 is 10.1 Å². The number of nitrogens with one attached hydrogen (secondary N) is 1. The molecule has 0 spiro atoms. The Morgan fingerprint density at radius 3 is 2.22 bits per heavy atom. The number of amides is 1. The van der Waals surface area contributed by atoms with Crippen LogP contribution >= 0.6 is 11.6 Å². The maximum Gasteiger partial charge on any atom is 0.258 e. The lowest BCUT2D eigenvalue weighted by atomic mass is 10.1. The molecule has 0 aromatic heterocycles. The van der Waals surface area contributed by atoms with E-state index in [1.807, 2.05) is 49.4 Å². The molecule has 0 radical (unpaired) electrons. The lowest BCUT2D eigenvalue weighted by molar-refractivity contribution is -0.123. The molecule has 3 aromatic rings. The number of carbonyl (C=O) groups is 1. The van der Waals surface area contributed by atoms with Gasteiger partial charge in [0.15, 0.2) is 6.61 Å².